The first-order valence-electron chi connectivity index (χ1n) is 6.96. The van der Waals surface area contributed by atoms with Crippen LogP contribution in [0.3, 0.4) is 0 Å². The Morgan fingerprint density at radius 2 is 2.30 bits per heavy atom. The van der Waals surface area contributed by atoms with Crippen molar-refractivity contribution in [2.24, 2.45) is 5.92 Å². The average Bonchev–Trinajstić information content (AvgIpc) is 3.13. The number of H-pyrrole nitrogens is 1. The summed E-state index contributed by atoms with van der Waals surface area (Å²) in [5, 5.41) is 8.56. The SMILES string of the molecule is CC[C@@H]1CC(=O)C[C@@H]1c1nnc2cnc3[nH]ccc3n12. The van der Waals surface area contributed by atoms with E-state index in [-0.39, 0.29) is 5.92 Å². The van der Waals surface area contributed by atoms with Crippen molar-refractivity contribution in [1.82, 2.24) is 24.6 Å². The second-order valence-electron chi connectivity index (χ2n) is 5.44. The number of ketones is 1. The molecule has 1 saturated carbocycles. The lowest BCUT2D eigenvalue weighted by molar-refractivity contribution is -0.117. The van der Waals surface area contributed by atoms with Crippen molar-refractivity contribution >= 4 is 22.6 Å². The second kappa shape index (κ2) is 4.13. The van der Waals surface area contributed by atoms with Crippen molar-refractivity contribution in [1.29, 1.82) is 0 Å². The molecule has 0 unspecified atom stereocenters. The van der Waals surface area contributed by atoms with Crippen molar-refractivity contribution in [2.75, 3.05) is 0 Å². The number of aromatic amines is 1. The standard InChI is InChI=1S/C14H15N5O/c1-2-8-5-9(20)6-10(8)14-18-17-12-7-16-13-11(19(12)14)3-4-15-13/h3-4,7-8,10,15H,2,5-6H2,1H3/t8-,10+/m1/s1. The van der Waals surface area contributed by atoms with Crippen LogP contribution in [-0.2, 0) is 4.79 Å². The van der Waals surface area contributed by atoms with Gasteiger partial charge >= 0.3 is 0 Å². The Balaban J connectivity index is 1.95. The fourth-order valence-corrected chi connectivity index (χ4v) is 3.30. The number of nitrogens with zero attached hydrogens (tertiary/aromatic N) is 4. The van der Waals surface area contributed by atoms with E-state index in [0.717, 1.165) is 29.1 Å². The number of carbonyl (C=O) groups is 1. The summed E-state index contributed by atoms with van der Waals surface area (Å²) in [6.45, 7) is 2.13. The number of aromatic nitrogens is 5. The maximum Gasteiger partial charge on any atom is 0.179 e. The minimum Gasteiger partial charge on any atom is -0.345 e. The summed E-state index contributed by atoms with van der Waals surface area (Å²) < 4.78 is 2.03. The number of fused-ring (bicyclic) bond motifs is 3. The molecule has 0 bridgehead atoms. The van der Waals surface area contributed by atoms with Crippen LogP contribution < -0.4 is 0 Å². The molecule has 20 heavy (non-hydrogen) atoms. The van der Waals surface area contributed by atoms with Gasteiger partial charge in [-0.3, -0.25) is 9.20 Å². The third-order valence-electron chi connectivity index (χ3n) is 4.33. The summed E-state index contributed by atoms with van der Waals surface area (Å²) in [5.74, 6) is 1.77. The number of carbonyl (C=O) groups excluding carboxylic acids is 1. The highest BCUT2D eigenvalue weighted by atomic mass is 16.1. The molecule has 2 atom stereocenters. The Bertz CT molecular complexity index is 802. The van der Waals surface area contributed by atoms with Gasteiger partial charge in [-0.1, -0.05) is 13.3 Å². The van der Waals surface area contributed by atoms with Gasteiger partial charge in [-0.2, -0.15) is 0 Å². The summed E-state index contributed by atoms with van der Waals surface area (Å²) in [4.78, 5) is 19.2. The Kier molecular flexibility index (Phi) is 2.39. The lowest BCUT2D eigenvalue weighted by atomic mass is 9.93. The largest absolute Gasteiger partial charge is 0.345 e. The zero-order valence-corrected chi connectivity index (χ0v) is 11.2. The van der Waals surface area contributed by atoms with Crippen molar-refractivity contribution in [3.05, 3.63) is 24.3 Å². The minimum absolute atomic E-state index is 0.169. The first-order chi connectivity index (χ1) is 9.78. The monoisotopic (exact) mass is 269 g/mol. The number of nitrogens with one attached hydrogen (secondary N) is 1. The summed E-state index contributed by atoms with van der Waals surface area (Å²) in [7, 11) is 0. The van der Waals surface area contributed by atoms with Gasteiger partial charge in [-0.25, -0.2) is 4.98 Å². The van der Waals surface area contributed by atoms with E-state index in [1.807, 2.05) is 16.7 Å². The normalized spacial score (nSPS) is 23.1. The zero-order valence-electron chi connectivity index (χ0n) is 11.2. The number of hydrogen-bond acceptors (Lipinski definition) is 4. The zero-order chi connectivity index (χ0) is 13.7. The van der Waals surface area contributed by atoms with Gasteiger partial charge in [0.25, 0.3) is 0 Å². The van der Waals surface area contributed by atoms with Gasteiger partial charge in [-0.15, -0.1) is 10.2 Å². The minimum atomic E-state index is 0.169. The average molecular weight is 269 g/mol. The van der Waals surface area contributed by atoms with Crippen LogP contribution in [0, 0.1) is 5.92 Å². The summed E-state index contributed by atoms with van der Waals surface area (Å²) in [5.41, 5.74) is 2.52. The van der Waals surface area contributed by atoms with Crippen LogP contribution in [0.1, 0.15) is 37.9 Å². The molecular weight excluding hydrogens is 254 g/mol. The molecule has 0 spiro atoms. The molecule has 0 aromatic carbocycles. The van der Waals surface area contributed by atoms with Crippen molar-refractivity contribution < 1.29 is 4.79 Å². The van der Waals surface area contributed by atoms with E-state index in [1.54, 1.807) is 6.20 Å². The topological polar surface area (TPSA) is 75.9 Å². The summed E-state index contributed by atoms with van der Waals surface area (Å²) >= 11 is 0. The highest BCUT2D eigenvalue weighted by Crippen LogP contribution is 2.39. The molecule has 102 valence electrons. The van der Waals surface area contributed by atoms with Crippen LogP contribution in [0.25, 0.3) is 16.8 Å². The molecule has 3 heterocycles. The van der Waals surface area contributed by atoms with Crippen LogP contribution in [0.4, 0.5) is 0 Å². The fourth-order valence-electron chi connectivity index (χ4n) is 3.30. The smallest absolute Gasteiger partial charge is 0.179 e. The molecule has 1 fully saturated rings. The Hall–Kier alpha value is -2.24. The van der Waals surface area contributed by atoms with Gasteiger partial charge in [0.1, 0.15) is 11.6 Å². The van der Waals surface area contributed by atoms with E-state index >= 15 is 0 Å². The Morgan fingerprint density at radius 3 is 3.15 bits per heavy atom. The lowest BCUT2D eigenvalue weighted by Crippen LogP contribution is -2.09. The van der Waals surface area contributed by atoms with Gasteiger partial charge < -0.3 is 4.98 Å². The molecule has 3 aromatic heterocycles. The maximum absolute atomic E-state index is 11.8. The molecule has 6 heteroatoms. The maximum atomic E-state index is 11.8. The molecule has 1 N–H and O–H groups in total. The number of hydrogen-bond donors (Lipinski definition) is 1. The van der Waals surface area contributed by atoms with Crippen LogP contribution in [0.5, 0.6) is 0 Å². The Labute approximate surface area is 115 Å². The molecule has 0 aliphatic heterocycles. The van der Waals surface area contributed by atoms with Crippen molar-refractivity contribution in [3.63, 3.8) is 0 Å². The lowest BCUT2D eigenvalue weighted by Gasteiger charge is -2.15. The second-order valence-corrected chi connectivity index (χ2v) is 5.44. The first-order valence-corrected chi connectivity index (χ1v) is 6.96. The third kappa shape index (κ3) is 1.51. The number of rotatable bonds is 2. The third-order valence-corrected chi connectivity index (χ3v) is 4.33. The predicted octanol–water partition coefficient (Wildman–Crippen LogP) is 2.08. The summed E-state index contributed by atoms with van der Waals surface area (Å²) in [6.07, 6.45) is 5.81. The van der Waals surface area contributed by atoms with Crippen molar-refractivity contribution in [3.8, 4) is 0 Å². The molecule has 6 nitrogen and oxygen atoms in total. The molecule has 3 aromatic rings. The first kappa shape index (κ1) is 11.6. The van der Waals surface area contributed by atoms with E-state index < -0.39 is 0 Å². The molecule has 0 saturated heterocycles. The van der Waals surface area contributed by atoms with E-state index in [1.165, 1.54) is 0 Å². The number of Topliss-reactive ketones (excluding diaryl/α,β-unsaturated/α-hetero) is 1. The quantitative estimate of drug-likeness (QED) is 0.772. The Morgan fingerprint density at radius 1 is 1.40 bits per heavy atom. The van der Waals surface area contributed by atoms with E-state index in [0.29, 0.717) is 24.5 Å². The highest BCUT2D eigenvalue weighted by molar-refractivity contribution is 5.82. The summed E-state index contributed by atoms with van der Waals surface area (Å²) in [6, 6.07) is 1.97. The van der Waals surface area contributed by atoms with E-state index in [9.17, 15) is 4.79 Å². The van der Waals surface area contributed by atoms with Gasteiger partial charge in [0.15, 0.2) is 11.3 Å². The van der Waals surface area contributed by atoms with Gasteiger partial charge in [0.05, 0.1) is 11.7 Å². The molecule has 1 aliphatic carbocycles. The molecule has 0 amide bonds. The van der Waals surface area contributed by atoms with Crippen LogP contribution in [0.15, 0.2) is 18.5 Å². The van der Waals surface area contributed by atoms with E-state index in [4.69, 9.17) is 0 Å². The van der Waals surface area contributed by atoms with Crippen LogP contribution in [-0.4, -0.2) is 30.3 Å². The molecule has 4 rings (SSSR count). The van der Waals surface area contributed by atoms with E-state index in [2.05, 4.69) is 27.1 Å². The molecular formula is C14H15N5O. The molecule has 1 aliphatic rings. The van der Waals surface area contributed by atoms with Crippen LogP contribution >= 0.6 is 0 Å². The highest BCUT2D eigenvalue weighted by Gasteiger charge is 2.36. The van der Waals surface area contributed by atoms with Crippen molar-refractivity contribution in [2.45, 2.75) is 32.1 Å². The molecule has 0 radical (unpaired) electrons. The van der Waals surface area contributed by atoms with Gasteiger partial charge in [0, 0.05) is 25.0 Å². The van der Waals surface area contributed by atoms with Gasteiger partial charge in [0.2, 0.25) is 0 Å². The predicted molar refractivity (Wildman–Crippen MR) is 73.4 cm³/mol. The van der Waals surface area contributed by atoms with Gasteiger partial charge in [-0.05, 0) is 12.0 Å². The fraction of sp³-hybridized carbons (Fsp3) is 0.429. The van der Waals surface area contributed by atoms with Crippen LogP contribution in [0.2, 0.25) is 0 Å².